The smallest absolute Gasteiger partial charge is 0.119 e. The van der Waals surface area contributed by atoms with Gasteiger partial charge in [-0.2, -0.15) is 0 Å². The molecule has 1 heterocycles. The molecule has 0 saturated carbocycles. The molecule has 0 saturated heterocycles. The molecule has 1 atom stereocenters. The summed E-state index contributed by atoms with van der Waals surface area (Å²) in [7, 11) is 0. The summed E-state index contributed by atoms with van der Waals surface area (Å²) in [5.74, 6) is 0.929. The van der Waals surface area contributed by atoms with Gasteiger partial charge in [0.2, 0.25) is 0 Å². The minimum atomic E-state index is 0.216. The number of ether oxygens (including phenoxy) is 1. The highest BCUT2D eigenvalue weighted by Crippen LogP contribution is 2.22. The van der Waals surface area contributed by atoms with Crippen LogP contribution in [0.1, 0.15) is 37.3 Å². The molecule has 108 valence electrons. The number of hydrogen-bond acceptors (Lipinski definition) is 3. The molecule has 4 heteroatoms. The molecule has 20 heavy (non-hydrogen) atoms. The number of hydrogen-bond donors (Lipinski definition) is 1. The second-order valence-electron chi connectivity index (χ2n) is 5.07. The molecule has 2 nitrogen and oxygen atoms in total. The van der Waals surface area contributed by atoms with Crippen LogP contribution in [0.4, 0.5) is 0 Å². The lowest BCUT2D eigenvalue weighted by molar-refractivity contribution is 0.242. The van der Waals surface area contributed by atoms with Crippen LogP contribution in [0.15, 0.2) is 40.2 Å². The Bertz CT molecular complexity index is 536. The van der Waals surface area contributed by atoms with Gasteiger partial charge < -0.3 is 10.1 Å². The van der Waals surface area contributed by atoms with E-state index in [1.54, 1.807) is 11.3 Å². The van der Waals surface area contributed by atoms with E-state index in [2.05, 4.69) is 51.7 Å². The fraction of sp³-hybridized carbons (Fsp3) is 0.375. The highest BCUT2D eigenvalue weighted by atomic mass is 79.9. The second kappa shape index (κ2) is 7.25. The Hall–Kier alpha value is -0.840. The van der Waals surface area contributed by atoms with Crippen molar-refractivity contribution in [1.29, 1.82) is 0 Å². The molecule has 1 N–H and O–H groups in total. The summed E-state index contributed by atoms with van der Waals surface area (Å²) in [6.45, 7) is 7.15. The molecule has 0 fully saturated rings. The minimum absolute atomic E-state index is 0.216. The molecule has 1 aromatic carbocycles. The van der Waals surface area contributed by atoms with Gasteiger partial charge in [0.05, 0.1) is 6.10 Å². The molecule has 0 amide bonds. The van der Waals surface area contributed by atoms with Crippen molar-refractivity contribution in [3.8, 4) is 5.75 Å². The number of benzene rings is 1. The van der Waals surface area contributed by atoms with Crippen LogP contribution in [0.3, 0.4) is 0 Å². The van der Waals surface area contributed by atoms with Crippen LogP contribution in [0.2, 0.25) is 0 Å². The fourth-order valence-electron chi connectivity index (χ4n) is 1.93. The maximum atomic E-state index is 5.66. The Morgan fingerprint density at radius 2 is 1.90 bits per heavy atom. The number of thiophene rings is 1. The van der Waals surface area contributed by atoms with E-state index in [1.165, 1.54) is 10.4 Å². The van der Waals surface area contributed by atoms with Gasteiger partial charge in [-0.1, -0.05) is 12.1 Å². The average molecular weight is 354 g/mol. The topological polar surface area (TPSA) is 21.3 Å². The Morgan fingerprint density at radius 3 is 2.45 bits per heavy atom. The summed E-state index contributed by atoms with van der Waals surface area (Å²) in [6.07, 6.45) is 0.216. The van der Waals surface area contributed by atoms with E-state index in [-0.39, 0.29) is 6.10 Å². The fourth-order valence-corrected chi connectivity index (χ4v) is 3.33. The van der Waals surface area contributed by atoms with Crippen LogP contribution < -0.4 is 10.1 Å². The van der Waals surface area contributed by atoms with Gasteiger partial charge in [-0.3, -0.25) is 0 Å². The van der Waals surface area contributed by atoms with Crippen molar-refractivity contribution in [3.63, 3.8) is 0 Å². The van der Waals surface area contributed by atoms with Crippen LogP contribution in [-0.2, 0) is 6.54 Å². The quantitative estimate of drug-likeness (QED) is 0.775. The number of rotatable bonds is 6. The molecular weight excluding hydrogens is 334 g/mol. The van der Waals surface area contributed by atoms with Crippen LogP contribution >= 0.6 is 27.3 Å². The minimum Gasteiger partial charge on any atom is -0.491 e. The van der Waals surface area contributed by atoms with Gasteiger partial charge in [0.15, 0.2) is 0 Å². The third kappa shape index (κ3) is 4.62. The van der Waals surface area contributed by atoms with Gasteiger partial charge in [0, 0.05) is 27.3 Å². The van der Waals surface area contributed by atoms with Gasteiger partial charge in [0.1, 0.15) is 5.75 Å². The second-order valence-corrected chi connectivity index (χ2v) is 6.98. The first-order chi connectivity index (χ1) is 9.54. The third-order valence-electron chi connectivity index (χ3n) is 2.96. The average Bonchev–Trinajstić information content (AvgIpc) is 2.82. The zero-order valence-electron chi connectivity index (χ0n) is 12.0. The normalized spacial score (nSPS) is 12.7. The highest BCUT2D eigenvalue weighted by Gasteiger charge is 2.06. The van der Waals surface area contributed by atoms with Crippen molar-refractivity contribution in [3.05, 3.63) is 50.6 Å². The van der Waals surface area contributed by atoms with Crippen LogP contribution in [-0.4, -0.2) is 6.10 Å². The van der Waals surface area contributed by atoms with Crippen molar-refractivity contribution in [1.82, 2.24) is 5.32 Å². The van der Waals surface area contributed by atoms with Crippen molar-refractivity contribution in [2.45, 2.75) is 39.5 Å². The molecule has 0 aliphatic carbocycles. The Labute approximate surface area is 133 Å². The SMILES string of the molecule is CC(C)Oc1ccc(C(C)NCc2cc(Br)cs2)cc1. The maximum Gasteiger partial charge on any atom is 0.119 e. The molecule has 0 aliphatic rings. The molecule has 1 unspecified atom stereocenters. The molecule has 0 radical (unpaired) electrons. The van der Waals surface area contributed by atoms with Gasteiger partial charge in [-0.25, -0.2) is 0 Å². The van der Waals surface area contributed by atoms with E-state index < -0.39 is 0 Å². The summed E-state index contributed by atoms with van der Waals surface area (Å²) in [5.41, 5.74) is 1.27. The molecule has 2 rings (SSSR count). The van der Waals surface area contributed by atoms with Crippen molar-refractivity contribution in [2.75, 3.05) is 0 Å². The Balaban J connectivity index is 1.90. The van der Waals surface area contributed by atoms with E-state index >= 15 is 0 Å². The van der Waals surface area contributed by atoms with E-state index in [1.807, 2.05) is 26.0 Å². The Morgan fingerprint density at radius 1 is 1.20 bits per heavy atom. The van der Waals surface area contributed by atoms with E-state index in [0.29, 0.717) is 6.04 Å². The van der Waals surface area contributed by atoms with Gasteiger partial charge in [0.25, 0.3) is 0 Å². The molecule has 2 aromatic rings. The first-order valence-corrected chi connectivity index (χ1v) is 8.45. The number of nitrogens with one attached hydrogen (secondary N) is 1. The molecule has 0 aliphatic heterocycles. The molecule has 0 bridgehead atoms. The van der Waals surface area contributed by atoms with Crippen LogP contribution in [0, 0.1) is 0 Å². The lowest BCUT2D eigenvalue weighted by atomic mass is 10.1. The first kappa shape index (κ1) is 15.5. The van der Waals surface area contributed by atoms with Crippen LogP contribution in [0.25, 0.3) is 0 Å². The summed E-state index contributed by atoms with van der Waals surface area (Å²) < 4.78 is 6.81. The van der Waals surface area contributed by atoms with Gasteiger partial charge in [-0.15, -0.1) is 11.3 Å². The van der Waals surface area contributed by atoms with E-state index in [9.17, 15) is 0 Å². The monoisotopic (exact) mass is 353 g/mol. The van der Waals surface area contributed by atoms with Crippen LogP contribution in [0.5, 0.6) is 5.75 Å². The predicted octanol–water partition coefficient (Wildman–Crippen LogP) is 5.15. The summed E-state index contributed by atoms with van der Waals surface area (Å²) >= 11 is 5.25. The van der Waals surface area contributed by atoms with Crippen molar-refractivity contribution in [2.24, 2.45) is 0 Å². The highest BCUT2D eigenvalue weighted by molar-refractivity contribution is 9.10. The molecule has 1 aromatic heterocycles. The lowest BCUT2D eigenvalue weighted by Gasteiger charge is -2.15. The third-order valence-corrected chi connectivity index (χ3v) is 4.65. The zero-order valence-corrected chi connectivity index (χ0v) is 14.4. The van der Waals surface area contributed by atoms with Gasteiger partial charge >= 0.3 is 0 Å². The van der Waals surface area contributed by atoms with Crippen molar-refractivity contribution >= 4 is 27.3 Å². The number of halogens is 1. The molecule has 0 spiro atoms. The summed E-state index contributed by atoms with van der Waals surface area (Å²) in [4.78, 5) is 1.34. The largest absolute Gasteiger partial charge is 0.491 e. The predicted molar refractivity (Wildman–Crippen MR) is 89.5 cm³/mol. The van der Waals surface area contributed by atoms with Crippen molar-refractivity contribution < 1.29 is 4.74 Å². The zero-order chi connectivity index (χ0) is 14.5. The maximum absolute atomic E-state index is 5.66. The first-order valence-electron chi connectivity index (χ1n) is 6.77. The standard InChI is InChI=1S/C16H20BrNOS/c1-11(2)19-15-6-4-13(5-7-15)12(3)18-9-16-8-14(17)10-20-16/h4-8,10-12,18H,9H2,1-3H3. The lowest BCUT2D eigenvalue weighted by Crippen LogP contribution is -2.17. The van der Waals surface area contributed by atoms with E-state index in [0.717, 1.165) is 16.8 Å². The van der Waals surface area contributed by atoms with E-state index in [4.69, 9.17) is 4.74 Å². The van der Waals surface area contributed by atoms with Gasteiger partial charge in [-0.05, 0) is 60.5 Å². The summed E-state index contributed by atoms with van der Waals surface area (Å²) in [5, 5.41) is 5.65. The Kier molecular flexibility index (Phi) is 5.64. The summed E-state index contributed by atoms with van der Waals surface area (Å²) in [6, 6.07) is 10.8. The molecular formula is C16H20BrNOS.